The Kier molecular flexibility index (Phi) is 6.69. The van der Waals surface area contributed by atoms with E-state index in [2.05, 4.69) is 27.3 Å². The summed E-state index contributed by atoms with van der Waals surface area (Å²) in [5.74, 6) is -1.45. The Morgan fingerprint density at radius 2 is 1.90 bits per heavy atom. The van der Waals surface area contributed by atoms with Gasteiger partial charge in [0.25, 0.3) is 12.0 Å². The number of aliphatic hydroxyl groups is 1. The van der Waals surface area contributed by atoms with Crippen molar-refractivity contribution in [1.82, 2.24) is 33.8 Å². The molecule has 4 aromatic rings. The lowest BCUT2D eigenvalue weighted by atomic mass is 9.91. The monoisotopic (exact) mass is 555 g/mol. The molecule has 3 aromatic heterocycles. The number of carbonyl (C=O) groups excluding carboxylic acids is 1. The fraction of sp³-hybridized carbons (Fsp3) is 0.444. The van der Waals surface area contributed by atoms with Crippen molar-refractivity contribution >= 4 is 11.6 Å². The molecule has 0 radical (unpaired) electrons. The van der Waals surface area contributed by atoms with Gasteiger partial charge < -0.3 is 10.0 Å². The summed E-state index contributed by atoms with van der Waals surface area (Å²) in [5.41, 5.74) is 2.72. The molecule has 1 amide bonds. The largest absolute Gasteiger partial charge is 0.388 e. The van der Waals surface area contributed by atoms with E-state index in [9.17, 15) is 27.9 Å². The maximum atomic E-state index is 13.5. The van der Waals surface area contributed by atoms with Gasteiger partial charge in [0.15, 0.2) is 0 Å². The number of aromatic nitrogens is 6. The molecular weight excluding hydrogens is 527 g/mol. The van der Waals surface area contributed by atoms with E-state index < -0.39 is 41.9 Å². The van der Waals surface area contributed by atoms with Crippen molar-refractivity contribution in [3.8, 4) is 11.3 Å². The fourth-order valence-electron chi connectivity index (χ4n) is 5.70. The number of benzene rings is 1. The summed E-state index contributed by atoms with van der Waals surface area (Å²) in [6.45, 7) is 0.189. The number of fused-ring (bicyclic) bond motifs is 2. The van der Waals surface area contributed by atoms with E-state index in [4.69, 9.17) is 0 Å². The van der Waals surface area contributed by atoms with Crippen molar-refractivity contribution < 1.29 is 23.1 Å². The highest BCUT2D eigenvalue weighted by molar-refractivity contribution is 5.76. The normalized spacial score (nSPS) is 17.5. The summed E-state index contributed by atoms with van der Waals surface area (Å²) in [7, 11) is 0. The lowest BCUT2D eigenvalue weighted by molar-refractivity contribution is -0.138. The van der Waals surface area contributed by atoms with E-state index in [1.807, 2.05) is 6.07 Å². The Morgan fingerprint density at radius 1 is 1.12 bits per heavy atom. The van der Waals surface area contributed by atoms with Gasteiger partial charge in [0.2, 0.25) is 17.5 Å². The molecular formula is C27H28F3N7O3. The molecule has 0 bridgehead atoms. The van der Waals surface area contributed by atoms with Crippen LogP contribution in [0, 0.1) is 5.95 Å². The first-order valence-corrected chi connectivity index (χ1v) is 13.3. The van der Waals surface area contributed by atoms with Gasteiger partial charge in [-0.05, 0) is 49.3 Å². The zero-order valence-corrected chi connectivity index (χ0v) is 21.6. The number of rotatable bonds is 7. The van der Waals surface area contributed by atoms with Gasteiger partial charge in [-0.25, -0.2) is 18.3 Å². The van der Waals surface area contributed by atoms with E-state index in [1.165, 1.54) is 31.4 Å². The van der Waals surface area contributed by atoms with Crippen LogP contribution in [0.4, 0.5) is 13.2 Å². The zero-order valence-electron chi connectivity index (χ0n) is 21.6. The third-order valence-electron chi connectivity index (χ3n) is 7.99. The molecule has 1 atom stereocenters. The summed E-state index contributed by atoms with van der Waals surface area (Å²) in [6.07, 6.45) is 4.12. The number of amides is 1. The van der Waals surface area contributed by atoms with E-state index >= 15 is 0 Å². The van der Waals surface area contributed by atoms with Crippen molar-refractivity contribution in [2.45, 2.75) is 63.1 Å². The van der Waals surface area contributed by atoms with Crippen LogP contribution in [-0.2, 0) is 24.2 Å². The van der Waals surface area contributed by atoms with Crippen LogP contribution in [0.1, 0.15) is 42.9 Å². The Labute approximate surface area is 226 Å². The molecule has 0 spiro atoms. The second-order valence-corrected chi connectivity index (χ2v) is 10.6. The SMILES string of the molecule is O=C(C[C@@H](C(F)F)n1ccc(F)n1)N1CCC(O)(Cn2cnn3c(-c4ccc5c(c4)CCC5)cnc3c2=O)CC1. The first-order valence-electron chi connectivity index (χ1n) is 13.3. The number of imidazole rings is 1. The number of hydrogen-bond acceptors (Lipinski definition) is 6. The van der Waals surface area contributed by atoms with Crippen molar-refractivity contribution in [1.29, 1.82) is 0 Å². The summed E-state index contributed by atoms with van der Waals surface area (Å²) < 4.78 is 43.9. The molecule has 40 heavy (non-hydrogen) atoms. The Balaban J connectivity index is 1.13. The maximum Gasteiger partial charge on any atom is 0.296 e. The topological polar surface area (TPSA) is 111 Å². The Hall–Kier alpha value is -4.00. The first-order chi connectivity index (χ1) is 19.2. The summed E-state index contributed by atoms with van der Waals surface area (Å²) in [5, 5.41) is 19.0. The molecule has 210 valence electrons. The van der Waals surface area contributed by atoms with Gasteiger partial charge in [-0.1, -0.05) is 12.1 Å². The van der Waals surface area contributed by atoms with Crippen LogP contribution >= 0.6 is 0 Å². The third kappa shape index (κ3) is 4.89. The quantitative estimate of drug-likeness (QED) is 0.376. The van der Waals surface area contributed by atoms with Gasteiger partial charge in [-0.2, -0.15) is 9.49 Å². The van der Waals surface area contributed by atoms with E-state index in [1.54, 1.807) is 6.20 Å². The summed E-state index contributed by atoms with van der Waals surface area (Å²) >= 11 is 0. The molecule has 1 aromatic carbocycles. The van der Waals surface area contributed by atoms with E-state index in [-0.39, 0.29) is 38.1 Å². The lowest BCUT2D eigenvalue weighted by Gasteiger charge is -2.38. The minimum absolute atomic E-state index is 0.0510. The highest BCUT2D eigenvalue weighted by Crippen LogP contribution is 2.29. The molecule has 4 heterocycles. The number of halogens is 3. The minimum Gasteiger partial charge on any atom is -0.388 e. The smallest absolute Gasteiger partial charge is 0.296 e. The van der Waals surface area contributed by atoms with Crippen molar-refractivity contribution in [2.24, 2.45) is 0 Å². The van der Waals surface area contributed by atoms with Crippen molar-refractivity contribution in [2.75, 3.05) is 13.1 Å². The highest BCUT2D eigenvalue weighted by Gasteiger charge is 2.36. The second kappa shape index (κ2) is 10.2. The molecule has 1 aliphatic carbocycles. The maximum absolute atomic E-state index is 13.5. The lowest BCUT2D eigenvalue weighted by Crippen LogP contribution is -2.50. The Morgan fingerprint density at radius 3 is 2.62 bits per heavy atom. The molecule has 0 unspecified atom stereocenters. The minimum atomic E-state index is -2.91. The van der Waals surface area contributed by atoms with Crippen LogP contribution in [-0.4, -0.2) is 70.0 Å². The van der Waals surface area contributed by atoms with E-state index in [0.717, 1.165) is 41.8 Å². The molecule has 1 fully saturated rings. The predicted octanol–water partition coefficient (Wildman–Crippen LogP) is 2.63. The third-order valence-corrected chi connectivity index (χ3v) is 7.99. The van der Waals surface area contributed by atoms with Crippen LogP contribution in [0.25, 0.3) is 16.9 Å². The summed E-state index contributed by atoms with van der Waals surface area (Å²) in [6, 6.07) is 5.59. The average molecular weight is 556 g/mol. The Bertz CT molecular complexity index is 1620. The highest BCUT2D eigenvalue weighted by atomic mass is 19.3. The molecule has 1 saturated heterocycles. The number of nitrogens with zero attached hydrogens (tertiary/aromatic N) is 7. The van der Waals surface area contributed by atoms with Crippen LogP contribution in [0.3, 0.4) is 0 Å². The number of likely N-dealkylation sites (tertiary alicyclic amines) is 1. The number of carbonyl (C=O) groups is 1. The first kappa shape index (κ1) is 26.2. The molecule has 2 aliphatic rings. The van der Waals surface area contributed by atoms with Crippen molar-refractivity contribution in [3.05, 3.63) is 70.4 Å². The molecule has 1 aliphatic heterocycles. The zero-order chi connectivity index (χ0) is 28.0. The average Bonchev–Trinajstić information content (AvgIpc) is 3.68. The second-order valence-electron chi connectivity index (χ2n) is 10.6. The van der Waals surface area contributed by atoms with Crippen LogP contribution in [0.15, 0.2) is 47.8 Å². The molecule has 13 heteroatoms. The van der Waals surface area contributed by atoms with Crippen LogP contribution in [0.2, 0.25) is 0 Å². The van der Waals surface area contributed by atoms with Crippen LogP contribution in [0.5, 0.6) is 0 Å². The van der Waals surface area contributed by atoms with Gasteiger partial charge in [-0.3, -0.25) is 18.8 Å². The number of aryl methyl sites for hydroxylation is 2. The molecule has 10 nitrogen and oxygen atoms in total. The van der Waals surface area contributed by atoms with Gasteiger partial charge >= 0.3 is 0 Å². The number of piperidine rings is 1. The van der Waals surface area contributed by atoms with Gasteiger partial charge in [0.05, 0.1) is 30.5 Å². The molecule has 1 N–H and O–H groups in total. The molecule has 0 saturated carbocycles. The van der Waals surface area contributed by atoms with Gasteiger partial charge in [0, 0.05) is 30.9 Å². The molecule has 6 rings (SSSR count). The van der Waals surface area contributed by atoms with Gasteiger partial charge in [-0.15, -0.1) is 5.10 Å². The van der Waals surface area contributed by atoms with Crippen molar-refractivity contribution in [3.63, 3.8) is 0 Å². The van der Waals surface area contributed by atoms with Gasteiger partial charge in [0.1, 0.15) is 12.4 Å². The van der Waals surface area contributed by atoms with E-state index in [0.29, 0.717) is 5.69 Å². The van der Waals surface area contributed by atoms with Crippen LogP contribution < -0.4 is 5.56 Å². The predicted molar refractivity (Wildman–Crippen MR) is 137 cm³/mol. The fourth-order valence-corrected chi connectivity index (χ4v) is 5.70. The summed E-state index contributed by atoms with van der Waals surface area (Å²) in [4.78, 5) is 31.7. The number of alkyl halides is 2. The standard InChI is InChI=1S/C27H28F3N7O3/c28-22-6-9-36(33-22)20(24(29)30)13-23(38)34-10-7-27(40,8-11-34)15-35-16-32-37-21(14-31-25(37)26(35)39)19-5-4-17-2-1-3-18(17)12-19/h4-6,9,12,14,16,20,24,40H,1-3,7-8,10-11,13,15H2/t20-/m0/s1. The number of hydrogen-bond donors (Lipinski definition) is 1.